The van der Waals surface area contributed by atoms with Crippen LogP contribution in [-0.2, 0) is 6.42 Å². The molecule has 1 aliphatic rings. The van der Waals surface area contributed by atoms with Crippen molar-refractivity contribution in [2.75, 3.05) is 13.1 Å². The van der Waals surface area contributed by atoms with Crippen LogP contribution >= 0.6 is 0 Å². The molecule has 20 heavy (non-hydrogen) atoms. The molecule has 3 rings (SSSR count). The van der Waals surface area contributed by atoms with Gasteiger partial charge in [-0.05, 0) is 68.8 Å². The Morgan fingerprint density at radius 2 is 2.25 bits per heavy atom. The molecule has 0 aliphatic carbocycles. The van der Waals surface area contributed by atoms with Crippen LogP contribution in [0, 0.1) is 25.7 Å². The van der Waals surface area contributed by atoms with Crippen molar-refractivity contribution < 1.29 is 4.42 Å². The molecule has 0 amide bonds. The highest BCUT2D eigenvalue weighted by atomic mass is 16.3. The molecule has 0 radical (unpaired) electrons. The van der Waals surface area contributed by atoms with Gasteiger partial charge in [-0.1, -0.05) is 13.0 Å². The van der Waals surface area contributed by atoms with E-state index in [4.69, 9.17) is 4.42 Å². The highest BCUT2D eigenvalue weighted by Crippen LogP contribution is 2.26. The molecule has 2 aromatic rings. The molecule has 1 fully saturated rings. The Morgan fingerprint density at radius 3 is 3.00 bits per heavy atom. The number of nitrogens with zero attached hydrogens (tertiary/aromatic N) is 1. The topological polar surface area (TPSA) is 38.1 Å². The van der Waals surface area contributed by atoms with Crippen LogP contribution in [0.4, 0.5) is 0 Å². The number of hydrogen-bond acceptors (Lipinski definition) is 3. The molecule has 0 spiro atoms. The van der Waals surface area contributed by atoms with Crippen molar-refractivity contribution in [1.29, 1.82) is 0 Å². The molecule has 2 atom stereocenters. The summed E-state index contributed by atoms with van der Waals surface area (Å²) in [6.07, 6.45) is 3.56. The van der Waals surface area contributed by atoms with E-state index in [0.717, 1.165) is 35.9 Å². The fourth-order valence-corrected chi connectivity index (χ4v) is 3.32. The van der Waals surface area contributed by atoms with E-state index >= 15 is 0 Å². The fraction of sp³-hybridized carbons (Fsp3) is 0.588. The van der Waals surface area contributed by atoms with E-state index < -0.39 is 0 Å². The first kappa shape index (κ1) is 13.6. The summed E-state index contributed by atoms with van der Waals surface area (Å²) in [4.78, 5) is 4.68. The van der Waals surface area contributed by atoms with Crippen molar-refractivity contribution in [3.63, 3.8) is 0 Å². The molecular formula is C17H24N2O. The Labute approximate surface area is 120 Å². The predicted octanol–water partition coefficient (Wildman–Crippen LogP) is 3.62. The third-order valence-corrected chi connectivity index (χ3v) is 4.50. The van der Waals surface area contributed by atoms with E-state index in [0.29, 0.717) is 5.92 Å². The van der Waals surface area contributed by atoms with Gasteiger partial charge in [-0.25, -0.2) is 4.98 Å². The third kappa shape index (κ3) is 2.73. The Hall–Kier alpha value is -1.35. The maximum atomic E-state index is 5.98. The van der Waals surface area contributed by atoms with E-state index in [1.807, 2.05) is 0 Å². The summed E-state index contributed by atoms with van der Waals surface area (Å²) in [5, 5.41) is 3.49. The molecule has 1 aliphatic heterocycles. The van der Waals surface area contributed by atoms with Crippen LogP contribution in [0.2, 0.25) is 0 Å². The quantitative estimate of drug-likeness (QED) is 0.927. The van der Waals surface area contributed by atoms with E-state index in [1.54, 1.807) is 0 Å². The van der Waals surface area contributed by atoms with E-state index in [-0.39, 0.29) is 0 Å². The first-order chi connectivity index (χ1) is 9.63. The normalized spacial score (nSPS) is 21.2. The maximum absolute atomic E-state index is 5.98. The van der Waals surface area contributed by atoms with Gasteiger partial charge in [0.15, 0.2) is 11.5 Å². The lowest BCUT2D eigenvalue weighted by Gasteiger charge is -2.27. The van der Waals surface area contributed by atoms with Crippen LogP contribution in [0.15, 0.2) is 16.5 Å². The standard InChI is InChI=1S/C17H24N2O/c1-11-7-13(3)17-15(8-11)19-16(20-17)9-12(2)14-5-4-6-18-10-14/h7-8,12,14,18H,4-6,9-10H2,1-3H3. The van der Waals surface area contributed by atoms with E-state index in [2.05, 4.69) is 43.2 Å². The van der Waals surface area contributed by atoms with E-state index in [1.165, 1.54) is 30.5 Å². The largest absolute Gasteiger partial charge is 0.440 e. The first-order valence-electron chi connectivity index (χ1n) is 7.71. The molecule has 3 heteroatoms. The van der Waals surface area contributed by atoms with Crippen LogP contribution in [-0.4, -0.2) is 18.1 Å². The minimum atomic E-state index is 0.622. The van der Waals surface area contributed by atoms with Crippen LogP contribution in [0.25, 0.3) is 11.1 Å². The molecule has 0 saturated carbocycles. The lowest BCUT2D eigenvalue weighted by molar-refractivity contribution is 0.267. The van der Waals surface area contributed by atoms with Gasteiger partial charge in [0.25, 0.3) is 0 Å². The highest BCUT2D eigenvalue weighted by molar-refractivity contribution is 5.77. The van der Waals surface area contributed by atoms with Crippen LogP contribution < -0.4 is 5.32 Å². The molecule has 1 aromatic carbocycles. The number of fused-ring (bicyclic) bond motifs is 1. The van der Waals surface area contributed by atoms with Crippen molar-refractivity contribution in [1.82, 2.24) is 10.3 Å². The zero-order valence-electron chi connectivity index (χ0n) is 12.7. The van der Waals surface area contributed by atoms with Gasteiger partial charge in [0.2, 0.25) is 0 Å². The molecule has 1 N–H and O–H groups in total. The van der Waals surface area contributed by atoms with Crippen LogP contribution in [0.5, 0.6) is 0 Å². The Kier molecular flexibility index (Phi) is 3.79. The summed E-state index contributed by atoms with van der Waals surface area (Å²) in [7, 11) is 0. The minimum Gasteiger partial charge on any atom is -0.440 e. The number of nitrogens with one attached hydrogen (secondary N) is 1. The number of aryl methyl sites for hydroxylation is 2. The third-order valence-electron chi connectivity index (χ3n) is 4.50. The Morgan fingerprint density at radius 1 is 1.40 bits per heavy atom. The molecule has 1 saturated heterocycles. The number of oxazole rings is 1. The van der Waals surface area contributed by atoms with Gasteiger partial charge >= 0.3 is 0 Å². The molecule has 1 aromatic heterocycles. The van der Waals surface area contributed by atoms with Crippen LogP contribution in [0.1, 0.15) is 36.8 Å². The average molecular weight is 272 g/mol. The summed E-state index contributed by atoms with van der Waals surface area (Å²) >= 11 is 0. The van der Waals surface area contributed by atoms with Crippen molar-refractivity contribution in [2.24, 2.45) is 11.8 Å². The summed E-state index contributed by atoms with van der Waals surface area (Å²) in [6.45, 7) is 8.84. The van der Waals surface area contributed by atoms with Crippen LogP contribution in [0.3, 0.4) is 0 Å². The number of rotatable bonds is 3. The van der Waals surface area contributed by atoms with Gasteiger partial charge in [0, 0.05) is 6.42 Å². The Balaban J connectivity index is 1.78. The minimum absolute atomic E-state index is 0.622. The molecule has 2 unspecified atom stereocenters. The highest BCUT2D eigenvalue weighted by Gasteiger charge is 2.22. The maximum Gasteiger partial charge on any atom is 0.195 e. The van der Waals surface area contributed by atoms with Crippen molar-refractivity contribution in [2.45, 2.75) is 40.0 Å². The zero-order chi connectivity index (χ0) is 14.1. The lowest BCUT2D eigenvalue weighted by Crippen LogP contribution is -2.33. The molecular weight excluding hydrogens is 248 g/mol. The van der Waals surface area contributed by atoms with Gasteiger partial charge < -0.3 is 9.73 Å². The summed E-state index contributed by atoms with van der Waals surface area (Å²) in [6, 6.07) is 4.27. The average Bonchev–Trinajstić information content (AvgIpc) is 2.82. The fourth-order valence-electron chi connectivity index (χ4n) is 3.32. The second kappa shape index (κ2) is 5.57. The van der Waals surface area contributed by atoms with E-state index in [9.17, 15) is 0 Å². The molecule has 0 bridgehead atoms. The Bertz CT molecular complexity index is 596. The number of hydrogen-bond donors (Lipinski definition) is 1. The summed E-state index contributed by atoms with van der Waals surface area (Å²) in [5.74, 6) is 2.27. The molecule has 2 heterocycles. The monoisotopic (exact) mass is 272 g/mol. The number of aromatic nitrogens is 1. The number of piperidine rings is 1. The first-order valence-corrected chi connectivity index (χ1v) is 7.71. The van der Waals surface area contributed by atoms with Gasteiger partial charge in [-0.3, -0.25) is 0 Å². The predicted molar refractivity (Wildman–Crippen MR) is 81.9 cm³/mol. The van der Waals surface area contributed by atoms with Crippen molar-refractivity contribution in [3.8, 4) is 0 Å². The second-order valence-electron chi connectivity index (χ2n) is 6.33. The lowest BCUT2D eigenvalue weighted by atomic mass is 9.85. The van der Waals surface area contributed by atoms with Gasteiger partial charge in [0.1, 0.15) is 5.52 Å². The smallest absolute Gasteiger partial charge is 0.195 e. The number of benzene rings is 1. The van der Waals surface area contributed by atoms with Gasteiger partial charge in [-0.2, -0.15) is 0 Å². The van der Waals surface area contributed by atoms with Crippen molar-refractivity contribution in [3.05, 3.63) is 29.2 Å². The molecule has 108 valence electrons. The second-order valence-corrected chi connectivity index (χ2v) is 6.33. The van der Waals surface area contributed by atoms with Gasteiger partial charge in [-0.15, -0.1) is 0 Å². The SMILES string of the molecule is Cc1cc(C)c2oc(CC(C)C3CCCNC3)nc2c1. The summed E-state index contributed by atoms with van der Waals surface area (Å²) < 4.78 is 5.98. The van der Waals surface area contributed by atoms with Gasteiger partial charge in [0.05, 0.1) is 0 Å². The molecule has 3 nitrogen and oxygen atoms in total. The van der Waals surface area contributed by atoms with Crippen molar-refractivity contribution >= 4 is 11.1 Å². The summed E-state index contributed by atoms with van der Waals surface area (Å²) in [5.41, 5.74) is 4.40. The zero-order valence-corrected chi connectivity index (χ0v) is 12.7.